The molecular formula is C19H24ClN3O3. The van der Waals surface area contributed by atoms with Gasteiger partial charge in [0.25, 0.3) is 0 Å². The SMILES string of the molecule is CCC[C@]1(C(=O)OCC)CCCN1Cc1nnc(-c2ccccc2Cl)o1. The van der Waals surface area contributed by atoms with Crippen molar-refractivity contribution in [2.75, 3.05) is 13.2 Å². The minimum absolute atomic E-state index is 0.148. The summed E-state index contributed by atoms with van der Waals surface area (Å²) in [7, 11) is 0. The van der Waals surface area contributed by atoms with Crippen molar-refractivity contribution in [3.05, 3.63) is 35.2 Å². The molecule has 2 heterocycles. The number of aromatic nitrogens is 2. The number of hydrogen-bond acceptors (Lipinski definition) is 6. The van der Waals surface area contributed by atoms with Crippen LogP contribution < -0.4 is 0 Å². The van der Waals surface area contributed by atoms with Gasteiger partial charge in [0.1, 0.15) is 5.54 Å². The Morgan fingerprint density at radius 3 is 2.88 bits per heavy atom. The zero-order valence-electron chi connectivity index (χ0n) is 15.2. The summed E-state index contributed by atoms with van der Waals surface area (Å²) in [6.45, 7) is 5.54. The van der Waals surface area contributed by atoms with E-state index in [9.17, 15) is 4.79 Å². The number of benzene rings is 1. The lowest BCUT2D eigenvalue weighted by Crippen LogP contribution is -2.51. The summed E-state index contributed by atoms with van der Waals surface area (Å²) in [5.74, 6) is 0.721. The number of carbonyl (C=O) groups is 1. The monoisotopic (exact) mass is 377 g/mol. The molecule has 1 aliphatic heterocycles. The van der Waals surface area contributed by atoms with Gasteiger partial charge >= 0.3 is 5.97 Å². The predicted octanol–water partition coefficient (Wildman–Crippen LogP) is 4.09. The second-order valence-corrected chi connectivity index (χ2v) is 6.92. The molecule has 0 radical (unpaired) electrons. The molecule has 0 saturated carbocycles. The van der Waals surface area contributed by atoms with Crippen LogP contribution in [0.4, 0.5) is 0 Å². The third kappa shape index (κ3) is 3.62. The molecule has 1 saturated heterocycles. The van der Waals surface area contributed by atoms with E-state index in [0.717, 1.165) is 32.2 Å². The Morgan fingerprint density at radius 1 is 1.35 bits per heavy atom. The van der Waals surface area contributed by atoms with Gasteiger partial charge in [-0.2, -0.15) is 0 Å². The summed E-state index contributed by atoms with van der Waals surface area (Å²) in [4.78, 5) is 14.8. The molecule has 7 heteroatoms. The number of nitrogens with zero attached hydrogens (tertiary/aromatic N) is 3. The molecule has 0 aliphatic carbocycles. The standard InChI is InChI=1S/C19H24ClN3O3/c1-3-10-19(18(24)25-4-2)11-7-12-23(19)13-16-21-22-17(26-16)14-8-5-6-9-15(14)20/h5-6,8-9H,3-4,7,10-13H2,1-2H3/t19-/m1/s1. The van der Waals surface area contributed by atoms with E-state index in [0.29, 0.717) is 35.5 Å². The van der Waals surface area contributed by atoms with Crippen molar-refractivity contribution in [1.82, 2.24) is 15.1 Å². The normalized spacial score (nSPS) is 20.4. The van der Waals surface area contributed by atoms with E-state index < -0.39 is 5.54 Å². The molecule has 1 fully saturated rings. The van der Waals surface area contributed by atoms with Crippen LogP contribution in [0.25, 0.3) is 11.5 Å². The van der Waals surface area contributed by atoms with Crippen LogP contribution >= 0.6 is 11.6 Å². The quantitative estimate of drug-likeness (QED) is 0.677. The van der Waals surface area contributed by atoms with Crippen LogP contribution in [0.2, 0.25) is 5.02 Å². The van der Waals surface area contributed by atoms with E-state index in [1.54, 1.807) is 6.07 Å². The van der Waals surface area contributed by atoms with Crippen LogP contribution in [0, 0.1) is 0 Å². The third-order valence-electron chi connectivity index (χ3n) is 4.84. The summed E-state index contributed by atoms with van der Waals surface area (Å²) in [5.41, 5.74) is 0.114. The third-order valence-corrected chi connectivity index (χ3v) is 5.17. The van der Waals surface area contributed by atoms with Crippen molar-refractivity contribution < 1.29 is 13.9 Å². The smallest absolute Gasteiger partial charge is 0.326 e. The summed E-state index contributed by atoms with van der Waals surface area (Å²) in [5, 5.41) is 8.84. The van der Waals surface area contributed by atoms with E-state index in [-0.39, 0.29) is 5.97 Å². The fourth-order valence-corrected chi connectivity index (χ4v) is 3.90. The van der Waals surface area contributed by atoms with Crippen molar-refractivity contribution in [3.63, 3.8) is 0 Å². The van der Waals surface area contributed by atoms with Gasteiger partial charge in [0.05, 0.1) is 23.7 Å². The highest BCUT2D eigenvalue weighted by Gasteiger charge is 2.48. The van der Waals surface area contributed by atoms with Crippen LogP contribution in [-0.2, 0) is 16.1 Å². The van der Waals surface area contributed by atoms with Gasteiger partial charge < -0.3 is 9.15 Å². The maximum absolute atomic E-state index is 12.7. The lowest BCUT2D eigenvalue weighted by molar-refractivity contribution is -0.157. The highest BCUT2D eigenvalue weighted by Crippen LogP contribution is 2.36. The van der Waals surface area contributed by atoms with Gasteiger partial charge in [-0.25, -0.2) is 0 Å². The number of likely N-dealkylation sites (tertiary alicyclic amines) is 1. The summed E-state index contributed by atoms with van der Waals surface area (Å²) >= 11 is 6.20. The molecule has 1 aromatic carbocycles. The molecule has 140 valence electrons. The van der Waals surface area contributed by atoms with Gasteiger partial charge in [-0.15, -0.1) is 10.2 Å². The summed E-state index contributed by atoms with van der Waals surface area (Å²) < 4.78 is 11.2. The molecule has 2 aromatic rings. The van der Waals surface area contributed by atoms with Crippen molar-refractivity contribution in [3.8, 4) is 11.5 Å². The van der Waals surface area contributed by atoms with E-state index in [4.69, 9.17) is 20.8 Å². The fraction of sp³-hybridized carbons (Fsp3) is 0.526. The molecule has 3 rings (SSSR count). The minimum Gasteiger partial charge on any atom is -0.465 e. The number of ether oxygens (including phenoxy) is 1. The van der Waals surface area contributed by atoms with Gasteiger partial charge in [-0.05, 0) is 44.9 Å². The Balaban J connectivity index is 1.81. The average Bonchev–Trinajstić information content (AvgIpc) is 3.25. The van der Waals surface area contributed by atoms with Crippen LogP contribution in [0.15, 0.2) is 28.7 Å². The fourth-order valence-electron chi connectivity index (χ4n) is 3.68. The van der Waals surface area contributed by atoms with Crippen molar-refractivity contribution in [2.24, 2.45) is 0 Å². The first-order valence-corrected chi connectivity index (χ1v) is 9.48. The Labute approximate surface area is 158 Å². The van der Waals surface area contributed by atoms with Gasteiger partial charge in [-0.3, -0.25) is 9.69 Å². The molecule has 0 bridgehead atoms. The minimum atomic E-state index is -0.593. The van der Waals surface area contributed by atoms with Crippen LogP contribution in [0.5, 0.6) is 0 Å². The lowest BCUT2D eigenvalue weighted by Gasteiger charge is -2.35. The molecule has 1 aromatic heterocycles. The van der Waals surface area contributed by atoms with Gasteiger partial charge in [0.2, 0.25) is 11.8 Å². The highest BCUT2D eigenvalue weighted by molar-refractivity contribution is 6.33. The molecule has 6 nitrogen and oxygen atoms in total. The zero-order chi connectivity index (χ0) is 18.6. The molecule has 0 amide bonds. The molecule has 1 aliphatic rings. The number of esters is 1. The molecule has 26 heavy (non-hydrogen) atoms. The van der Waals surface area contributed by atoms with Crippen LogP contribution in [0.1, 0.15) is 45.4 Å². The number of halogens is 1. The van der Waals surface area contributed by atoms with Crippen molar-refractivity contribution in [1.29, 1.82) is 0 Å². The second-order valence-electron chi connectivity index (χ2n) is 6.51. The van der Waals surface area contributed by atoms with Gasteiger partial charge in [0, 0.05) is 0 Å². The first-order valence-electron chi connectivity index (χ1n) is 9.10. The lowest BCUT2D eigenvalue weighted by atomic mass is 9.90. The van der Waals surface area contributed by atoms with E-state index in [1.807, 2.05) is 25.1 Å². The van der Waals surface area contributed by atoms with Crippen molar-refractivity contribution in [2.45, 2.75) is 51.6 Å². The molecule has 0 unspecified atom stereocenters. The second kappa shape index (κ2) is 8.18. The van der Waals surface area contributed by atoms with Gasteiger partial charge in [0.15, 0.2) is 0 Å². The van der Waals surface area contributed by atoms with Crippen molar-refractivity contribution >= 4 is 17.6 Å². The van der Waals surface area contributed by atoms with E-state index >= 15 is 0 Å². The Kier molecular flexibility index (Phi) is 5.94. The summed E-state index contributed by atoms with van der Waals surface area (Å²) in [6.07, 6.45) is 3.41. The van der Waals surface area contributed by atoms with E-state index in [1.165, 1.54) is 0 Å². The number of hydrogen-bond donors (Lipinski definition) is 0. The number of carbonyl (C=O) groups excluding carboxylic acids is 1. The molecule has 0 N–H and O–H groups in total. The molecule has 0 spiro atoms. The van der Waals surface area contributed by atoms with E-state index in [2.05, 4.69) is 22.0 Å². The topological polar surface area (TPSA) is 68.5 Å². The van der Waals surface area contributed by atoms with Crippen LogP contribution in [0.3, 0.4) is 0 Å². The maximum atomic E-state index is 12.7. The summed E-state index contributed by atoms with van der Waals surface area (Å²) in [6, 6.07) is 7.36. The zero-order valence-corrected chi connectivity index (χ0v) is 16.0. The maximum Gasteiger partial charge on any atom is 0.326 e. The van der Waals surface area contributed by atoms with Crippen LogP contribution in [-0.4, -0.2) is 39.8 Å². The predicted molar refractivity (Wildman–Crippen MR) is 98.7 cm³/mol. The molecular weight excluding hydrogens is 354 g/mol. The Hall–Kier alpha value is -1.92. The largest absolute Gasteiger partial charge is 0.465 e. The average molecular weight is 378 g/mol. The Morgan fingerprint density at radius 2 is 2.15 bits per heavy atom. The van der Waals surface area contributed by atoms with Gasteiger partial charge in [-0.1, -0.05) is 37.1 Å². The highest BCUT2D eigenvalue weighted by atomic mass is 35.5. The first kappa shape index (κ1) is 18.9. The Bertz CT molecular complexity index is 764. The number of rotatable bonds is 7. The first-order chi connectivity index (χ1) is 12.6. The molecule has 1 atom stereocenters.